The Morgan fingerprint density at radius 1 is 1.88 bits per heavy atom. The molecule has 4 nitrogen and oxygen atoms in total. The van der Waals surface area contributed by atoms with E-state index < -0.39 is 0 Å². The number of hydrogen-bond donors (Lipinski definition) is 2. The molecule has 0 heterocycles. The molecule has 0 rings (SSSR count). The Morgan fingerprint density at radius 3 is 2.88 bits per heavy atom. The Bertz CT molecular complexity index is 115. The van der Waals surface area contributed by atoms with E-state index in [-0.39, 0.29) is 12.5 Å². The zero-order chi connectivity index (χ0) is 6.41. The standard InChI is InChI=1S/C4H7N3O/c1-6-4(8)2-7-3-5/h7H,2H2,1H3,(H,6,8). The lowest BCUT2D eigenvalue weighted by molar-refractivity contribution is -0.119. The van der Waals surface area contributed by atoms with Crippen molar-refractivity contribution in [3.8, 4) is 6.19 Å². The number of rotatable bonds is 2. The summed E-state index contributed by atoms with van der Waals surface area (Å²) in [5.74, 6) is -0.188. The molecule has 0 aliphatic rings. The average Bonchev–Trinajstić information content (AvgIpc) is 1.83. The molecule has 0 bridgehead atoms. The fourth-order valence-corrected chi connectivity index (χ4v) is 0.208. The van der Waals surface area contributed by atoms with Crippen molar-refractivity contribution in [1.82, 2.24) is 10.6 Å². The van der Waals surface area contributed by atoms with Gasteiger partial charge in [0, 0.05) is 7.05 Å². The maximum absolute atomic E-state index is 10.2. The number of carbonyl (C=O) groups is 1. The van der Waals surface area contributed by atoms with Crippen molar-refractivity contribution in [3.63, 3.8) is 0 Å². The van der Waals surface area contributed by atoms with E-state index in [2.05, 4.69) is 10.6 Å². The van der Waals surface area contributed by atoms with Gasteiger partial charge in [-0.05, 0) is 0 Å². The van der Waals surface area contributed by atoms with Gasteiger partial charge in [0.1, 0.15) is 6.54 Å². The fourth-order valence-electron chi connectivity index (χ4n) is 0.208. The Balaban J connectivity index is 3.15. The van der Waals surface area contributed by atoms with Crippen LogP contribution in [0.5, 0.6) is 0 Å². The topological polar surface area (TPSA) is 64.9 Å². The monoisotopic (exact) mass is 113 g/mol. The average molecular weight is 113 g/mol. The molecular weight excluding hydrogens is 106 g/mol. The molecule has 0 aliphatic carbocycles. The molecule has 8 heavy (non-hydrogen) atoms. The van der Waals surface area contributed by atoms with Gasteiger partial charge in [0.25, 0.3) is 0 Å². The second kappa shape index (κ2) is 3.93. The molecule has 0 saturated heterocycles. The van der Waals surface area contributed by atoms with Crippen molar-refractivity contribution >= 4 is 5.91 Å². The van der Waals surface area contributed by atoms with Crippen LogP contribution in [-0.4, -0.2) is 19.5 Å². The summed E-state index contributed by atoms with van der Waals surface area (Å²) in [6.07, 6.45) is 1.62. The summed E-state index contributed by atoms with van der Waals surface area (Å²) in [5.41, 5.74) is 0. The number of likely N-dealkylation sites (N-methyl/N-ethyl adjacent to an activating group) is 1. The maximum Gasteiger partial charge on any atom is 0.239 e. The van der Waals surface area contributed by atoms with Crippen LogP contribution in [-0.2, 0) is 4.79 Å². The van der Waals surface area contributed by atoms with Gasteiger partial charge < -0.3 is 10.6 Å². The molecule has 1 amide bonds. The van der Waals surface area contributed by atoms with Crippen molar-refractivity contribution in [3.05, 3.63) is 0 Å². The van der Waals surface area contributed by atoms with Crippen molar-refractivity contribution in [2.75, 3.05) is 13.6 Å². The molecule has 0 aromatic heterocycles. The summed E-state index contributed by atoms with van der Waals surface area (Å²) in [6, 6.07) is 0. The Labute approximate surface area is 47.5 Å². The summed E-state index contributed by atoms with van der Waals surface area (Å²) < 4.78 is 0. The largest absolute Gasteiger partial charge is 0.358 e. The summed E-state index contributed by atoms with van der Waals surface area (Å²) in [7, 11) is 1.52. The molecule has 0 aliphatic heterocycles. The first-order chi connectivity index (χ1) is 3.81. The molecule has 0 radical (unpaired) electrons. The highest BCUT2D eigenvalue weighted by atomic mass is 16.1. The Kier molecular flexibility index (Phi) is 3.32. The summed E-state index contributed by atoms with van der Waals surface area (Å²) in [4.78, 5) is 10.2. The summed E-state index contributed by atoms with van der Waals surface area (Å²) >= 11 is 0. The van der Waals surface area contributed by atoms with Gasteiger partial charge in [-0.15, -0.1) is 0 Å². The highest BCUT2D eigenvalue weighted by molar-refractivity contribution is 5.77. The molecule has 2 N–H and O–H groups in total. The first-order valence-electron chi connectivity index (χ1n) is 2.13. The van der Waals surface area contributed by atoms with Crippen LogP contribution in [0, 0.1) is 11.5 Å². The van der Waals surface area contributed by atoms with Crippen molar-refractivity contribution in [2.45, 2.75) is 0 Å². The van der Waals surface area contributed by atoms with Crippen molar-refractivity contribution in [1.29, 1.82) is 5.26 Å². The van der Waals surface area contributed by atoms with E-state index >= 15 is 0 Å². The van der Waals surface area contributed by atoms with Crippen molar-refractivity contribution < 1.29 is 4.79 Å². The molecule has 0 atom stereocenters. The van der Waals surface area contributed by atoms with Crippen LogP contribution in [0.1, 0.15) is 0 Å². The second-order valence-electron chi connectivity index (χ2n) is 1.14. The minimum Gasteiger partial charge on any atom is -0.358 e. The van der Waals surface area contributed by atoms with Crippen LogP contribution in [0.25, 0.3) is 0 Å². The fraction of sp³-hybridized carbons (Fsp3) is 0.500. The molecule has 0 unspecified atom stereocenters. The minimum absolute atomic E-state index is 0.0625. The molecule has 0 aromatic rings. The molecule has 4 heteroatoms. The maximum atomic E-state index is 10.2. The third-order valence-electron chi connectivity index (χ3n) is 0.607. The van der Waals surface area contributed by atoms with Crippen molar-refractivity contribution in [2.24, 2.45) is 0 Å². The zero-order valence-electron chi connectivity index (χ0n) is 4.56. The van der Waals surface area contributed by atoms with Crippen LogP contribution in [0.4, 0.5) is 0 Å². The normalized spacial score (nSPS) is 7.00. The lowest BCUT2D eigenvalue weighted by atomic mass is 10.6. The Hall–Kier alpha value is -1.24. The van der Waals surface area contributed by atoms with Gasteiger partial charge in [0.2, 0.25) is 5.91 Å². The van der Waals surface area contributed by atoms with Crippen LogP contribution in [0.2, 0.25) is 0 Å². The minimum atomic E-state index is -0.188. The molecule has 0 fully saturated rings. The molecular formula is C4H7N3O. The van der Waals surface area contributed by atoms with Crippen LogP contribution in [0.15, 0.2) is 0 Å². The van der Waals surface area contributed by atoms with Gasteiger partial charge in [-0.25, -0.2) is 0 Å². The predicted octanol–water partition coefficient (Wildman–Crippen LogP) is -1.20. The molecule has 44 valence electrons. The third-order valence-corrected chi connectivity index (χ3v) is 0.607. The number of nitrogens with zero attached hydrogens (tertiary/aromatic N) is 1. The van der Waals surface area contributed by atoms with E-state index in [0.717, 1.165) is 0 Å². The lowest BCUT2D eigenvalue weighted by Gasteiger charge is -1.92. The van der Waals surface area contributed by atoms with Gasteiger partial charge in [-0.3, -0.25) is 4.79 Å². The van der Waals surface area contributed by atoms with Crippen LogP contribution >= 0.6 is 0 Å². The van der Waals surface area contributed by atoms with Gasteiger partial charge in [0.05, 0.1) is 0 Å². The Morgan fingerprint density at radius 2 is 2.50 bits per heavy atom. The summed E-state index contributed by atoms with van der Waals surface area (Å²) in [5, 5.41) is 12.4. The predicted molar refractivity (Wildman–Crippen MR) is 27.7 cm³/mol. The number of nitriles is 1. The zero-order valence-corrected chi connectivity index (χ0v) is 4.56. The van der Waals surface area contributed by atoms with E-state index in [4.69, 9.17) is 5.26 Å². The number of hydrogen-bond acceptors (Lipinski definition) is 3. The smallest absolute Gasteiger partial charge is 0.239 e. The van der Waals surface area contributed by atoms with Gasteiger partial charge >= 0.3 is 0 Å². The third kappa shape index (κ3) is 2.97. The number of nitrogens with one attached hydrogen (secondary N) is 2. The van der Waals surface area contributed by atoms with Crippen LogP contribution < -0.4 is 10.6 Å². The molecule has 0 spiro atoms. The first kappa shape index (κ1) is 6.76. The van der Waals surface area contributed by atoms with E-state index in [1.54, 1.807) is 6.19 Å². The van der Waals surface area contributed by atoms with Crippen LogP contribution in [0.3, 0.4) is 0 Å². The van der Waals surface area contributed by atoms with E-state index in [9.17, 15) is 4.79 Å². The lowest BCUT2D eigenvalue weighted by Crippen LogP contribution is -2.28. The van der Waals surface area contributed by atoms with Gasteiger partial charge in [-0.2, -0.15) is 5.26 Å². The highest BCUT2D eigenvalue weighted by Gasteiger charge is 1.91. The quantitative estimate of drug-likeness (QED) is 0.349. The van der Waals surface area contributed by atoms with Gasteiger partial charge in [0.15, 0.2) is 6.19 Å². The second-order valence-corrected chi connectivity index (χ2v) is 1.14. The van der Waals surface area contributed by atoms with E-state index in [1.807, 2.05) is 0 Å². The molecule has 0 aromatic carbocycles. The molecule has 0 saturated carbocycles. The van der Waals surface area contributed by atoms with E-state index in [0.29, 0.717) is 0 Å². The van der Waals surface area contributed by atoms with Gasteiger partial charge in [-0.1, -0.05) is 0 Å². The SMILES string of the molecule is CNC(=O)CNC#N. The number of amides is 1. The first-order valence-corrected chi connectivity index (χ1v) is 2.13. The number of carbonyl (C=O) groups excluding carboxylic acids is 1. The van der Waals surface area contributed by atoms with E-state index in [1.165, 1.54) is 7.05 Å². The highest BCUT2D eigenvalue weighted by Crippen LogP contribution is 1.55. The summed E-state index contributed by atoms with van der Waals surface area (Å²) in [6.45, 7) is 0.0625.